The summed E-state index contributed by atoms with van der Waals surface area (Å²) in [6.45, 7) is 2.19. The van der Waals surface area contributed by atoms with Gasteiger partial charge in [-0.3, -0.25) is 4.90 Å². The van der Waals surface area contributed by atoms with E-state index in [4.69, 9.17) is 15.6 Å². The highest BCUT2D eigenvalue weighted by molar-refractivity contribution is 14.1. The number of alkyl halides is 4. The molecule has 2 rings (SSSR count). The molecular formula is C14H17F4IN2O2. The van der Waals surface area contributed by atoms with Crippen molar-refractivity contribution in [1.29, 1.82) is 0 Å². The quantitative estimate of drug-likeness (QED) is 0.540. The Kier molecular flexibility index (Phi) is 7.68. The standard InChI is InChI=1S/C12H16FIN2.C2HF3O2/c13-11-8-16(6-5-12(11)15)7-9-1-3-10(14)4-2-9;3-2(4,5)1(6)7/h1-4,11-12H,5-8,15H2;(H,6,7). The second kappa shape index (κ2) is 8.78. The molecule has 1 heterocycles. The minimum Gasteiger partial charge on any atom is -0.475 e. The number of aliphatic carboxylic acids is 1. The van der Waals surface area contributed by atoms with E-state index in [0.717, 1.165) is 19.5 Å². The number of piperidine rings is 1. The molecule has 130 valence electrons. The molecule has 1 aliphatic heterocycles. The summed E-state index contributed by atoms with van der Waals surface area (Å²) in [7, 11) is 0. The Morgan fingerprint density at radius 2 is 1.87 bits per heavy atom. The van der Waals surface area contributed by atoms with E-state index in [2.05, 4.69) is 51.8 Å². The molecule has 1 fully saturated rings. The number of hydrogen-bond acceptors (Lipinski definition) is 3. The van der Waals surface area contributed by atoms with Crippen molar-refractivity contribution in [1.82, 2.24) is 4.90 Å². The van der Waals surface area contributed by atoms with Crippen molar-refractivity contribution in [3.8, 4) is 0 Å². The summed E-state index contributed by atoms with van der Waals surface area (Å²) in [5.74, 6) is -2.76. The van der Waals surface area contributed by atoms with Crippen LogP contribution in [0.2, 0.25) is 0 Å². The minimum atomic E-state index is -5.08. The van der Waals surface area contributed by atoms with E-state index in [1.165, 1.54) is 9.13 Å². The predicted molar refractivity (Wildman–Crippen MR) is 85.6 cm³/mol. The maximum Gasteiger partial charge on any atom is 0.490 e. The Balaban J connectivity index is 0.000000322. The van der Waals surface area contributed by atoms with Crippen LogP contribution in [0, 0.1) is 3.57 Å². The SMILES string of the molecule is NC1CCN(Cc2ccc(I)cc2)CC1F.O=C(O)C(F)(F)F. The van der Waals surface area contributed by atoms with Gasteiger partial charge in [-0.2, -0.15) is 13.2 Å². The summed E-state index contributed by atoms with van der Waals surface area (Å²) in [6.07, 6.45) is -5.21. The second-order valence-corrected chi connectivity index (χ2v) is 6.38. The number of rotatable bonds is 2. The fourth-order valence-electron chi connectivity index (χ4n) is 1.98. The van der Waals surface area contributed by atoms with Gasteiger partial charge in [0.05, 0.1) is 0 Å². The Hall–Kier alpha value is -0.940. The number of nitrogens with zero attached hydrogens (tertiary/aromatic N) is 1. The Labute approximate surface area is 144 Å². The van der Waals surface area contributed by atoms with Gasteiger partial charge in [-0.05, 0) is 46.7 Å². The molecule has 2 atom stereocenters. The molecule has 2 unspecified atom stereocenters. The molecule has 1 saturated heterocycles. The van der Waals surface area contributed by atoms with Gasteiger partial charge in [-0.15, -0.1) is 0 Å². The number of likely N-dealkylation sites (tertiary alicyclic amines) is 1. The molecule has 3 N–H and O–H groups in total. The van der Waals surface area contributed by atoms with Gasteiger partial charge in [0.1, 0.15) is 6.17 Å². The first-order valence-electron chi connectivity index (χ1n) is 6.76. The summed E-state index contributed by atoms with van der Waals surface area (Å²) in [5, 5.41) is 7.12. The summed E-state index contributed by atoms with van der Waals surface area (Å²) >= 11 is 2.28. The summed E-state index contributed by atoms with van der Waals surface area (Å²) in [4.78, 5) is 11.0. The number of carboxylic acid groups (broad SMARTS) is 1. The van der Waals surface area contributed by atoms with E-state index >= 15 is 0 Å². The van der Waals surface area contributed by atoms with Gasteiger partial charge < -0.3 is 10.8 Å². The van der Waals surface area contributed by atoms with Crippen LogP contribution in [0.15, 0.2) is 24.3 Å². The molecule has 1 aromatic carbocycles. The zero-order chi connectivity index (χ0) is 17.6. The number of halogens is 5. The third-order valence-electron chi connectivity index (χ3n) is 3.24. The van der Waals surface area contributed by atoms with Crippen molar-refractivity contribution < 1.29 is 27.5 Å². The zero-order valence-electron chi connectivity index (χ0n) is 12.1. The fourth-order valence-corrected chi connectivity index (χ4v) is 2.34. The number of benzene rings is 1. The van der Waals surface area contributed by atoms with Crippen LogP contribution in [0.25, 0.3) is 0 Å². The molecule has 4 nitrogen and oxygen atoms in total. The maximum absolute atomic E-state index is 13.4. The van der Waals surface area contributed by atoms with Crippen LogP contribution in [-0.4, -0.2) is 47.5 Å². The van der Waals surface area contributed by atoms with E-state index in [9.17, 15) is 17.6 Å². The highest BCUT2D eigenvalue weighted by Crippen LogP contribution is 2.16. The molecular weight excluding hydrogens is 431 g/mol. The highest BCUT2D eigenvalue weighted by Gasteiger charge is 2.38. The molecule has 0 bridgehead atoms. The number of carbonyl (C=O) groups is 1. The van der Waals surface area contributed by atoms with Crippen molar-refractivity contribution >= 4 is 28.6 Å². The first-order valence-corrected chi connectivity index (χ1v) is 7.84. The van der Waals surface area contributed by atoms with Gasteiger partial charge in [0.2, 0.25) is 0 Å². The molecule has 0 spiro atoms. The predicted octanol–water partition coefficient (Wildman–Crippen LogP) is 2.80. The van der Waals surface area contributed by atoms with Crippen LogP contribution in [-0.2, 0) is 11.3 Å². The lowest BCUT2D eigenvalue weighted by Gasteiger charge is -2.32. The van der Waals surface area contributed by atoms with Gasteiger partial charge in [-0.25, -0.2) is 9.18 Å². The fraction of sp³-hybridized carbons (Fsp3) is 0.500. The van der Waals surface area contributed by atoms with Crippen LogP contribution >= 0.6 is 22.6 Å². The van der Waals surface area contributed by atoms with E-state index in [0.29, 0.717) is 6.54 Å². The third kappa shape index (κ3) is 7.44. The minimum absolute atomic E-state index is 0.270. The molecule has 0 aliphatic carbocycles. The lowest BCUT2D eigenvalue weighted by molar-refractivity contribution is -0.192. The highest BCUT2D eigenvalue weighted by atomic mass is 127. The number of nitrogens with two attached hydrogens (primary N) is 1. The Morgan fingerprint density at radius 3 is 2.30 bits per heavy atom. The molecule has 0 saturated carbocycles. The smallest absolute Gasteiger partial charge is 0.475 e. The summed E-state index contributed by atoms with van der Waals surface area (Å²) < 4.78 is 46.4. The van der Waals surface area contributed by atoms with Crippen molar-refractivity contribution in [2.45, 2.75) is 31.4 Å². The van der Waals surface area contributed by atoms with Gasteiger partial charge in [0, 0.05) is 29.2 Å². The first kappa shape index (κ1) is 20.1. The molecule has 1 aliphatic rings. The van der Waals surface area contributed by atoms with Crippen molar-refractivity contribution in [3.05, 3.63) is 33.4 Å². The van der Waals surface area contributed by atoms with Gasteiger partial charge in [0.25, 0.3) is 0 Å². The molecule has 9 heteroatoms. The second-order valence-electron chi connectivity index (χ2n) is 5.13. The van der Waals surface area contributed by atoms with Gasteiger partial charge in [0.15, 0.2) is 0 Å². The zero-order valence-corrected chi connectivity index (χ0v) is 14.2. The maximum atomic E-state index is 13.4. The van der Waals surface area contributed by atoms with Crippen LogP contribution in [0.1, 0.15) is 12.0 Å². The van der Waals surface area contributed by atoms with Crippen LogP contribution in [0.5, 0.6) is 0 Å². The normalized spacial score (nSPS) is 22.2. The average Bonchev–Trinajstić information content (AvgIpc) is 2.45. The van der Waals surface area contributed by atoms with E-state index in [1.807, 2.05) is 0 Å². The van der Waals surface area contributed by atoms with E-state index in [1.54, 1.807) is 0 Å². The molecule has 0 amide bonds. The van der Waals surface area contributed by atoms with E-state index in [-0.39, 0.29) is 6.04 Å². The Morgan fingerprint density at radius 1 is 1.35 bits per heavy atom. The average molecular weight is 448 g/mol. The van der Waals surface area contributed by atoms with Crippen molar-refractivity contribution in [3.63, 3.8) is 0 Å². The topological polar surface area (TPSA) is 66.6 Å². The first-order chi connectivity index (χ1) is 10.6. The number of carboxylic acids is 1. The van der Waals surface area contributed by atoms with Crippen LogP contribution in [0.3, 0.4) is 0 Å². The van der Waals surface area contributed by atoms with Crippen LogP contribution in [0.4, 0.5) is 17.6 Å². The van der Waals surface area contributed by atoms with Crippen molar-refractivity contribution in [2.24, 2.45) is 5.73 Å². The third-order valence-corrected chi connectivity index (χ3v) is 3.96. The van der Waals surface area contributed by atoms with Crippen LogP contribution < -0.4 is 5.73 Å². The monoisotopic (exact) mass is 448 g/mol. The van der Waals surface area contributed by atoms with E-state index < -0.39 is 18.3 Å². The number of hydrogen-bond donors (Lipinski definition) is 2. The molecule has 1 aromatic rings. The largest absolute Gasteiger partial charge is 0.490 e. The lowest BCUT2D eigenvalue weighted by Crippen LogP contribution is -2.48. The molecule has 0 aromatic heterocycles. The van der Waals surface area contributed by atoms with Gasteiger partial charge in [-0.1, -0.05) is 12.1 Å². The lowest BCUT2D eigenvalue weighted by atomic mass is 10.0. The summed E-state index contributed by atoms with van der Waals surface area (Å²) in [6, 6.07) is 8.09. The summed E-state index contributed by atoms with van der Waals surface area (Å²) in [5.41, 5.74) is 6.89. The molecule has 23 heavy (non-hydrogen) atoms. The Bertz CT molecular complexity index is 510. The molecule has 0 radical (unpaired) electrons. The van der Waals surface area contributed by atoms with Gasteiger partial charge >= 0.3 is 12.1 Å². The van der Waals surface area contributed by atoms with Crippen molar-refractivity contribution in [2.75, 3.05) is 13.1 Å².